The summed E-state index contributed by atoms with van der Waals surface area (Å²) in [6, 6.07) is 14.2. The maximum absolute atomic E-state index is 8.81. The topological polar surface area (TPSA) is 23.8 Å². The van der Waals surface area contributed by atoms with Crippen LogP contribution in [0, 0.1) is 11.3 Å². The van der Waals surface area contributed by atoms with E-state index in [2.05, 4.69) is 28.1 Å². The summed E-state index contributed by atoms with van der Waals surface area (Å²) in [6.07, 6.45) is 1.02. The third-order valence-electron chi connectivity index (χ3n) is 2.46. The molecule has 2 heteroatoms. The highest BCUT2D eigenvalue weighted by atomic mass is 79.9. The van der Waals surface area contributed by atoms with Gasteiger partial charge in [-0.1, -0.05) is 40.2 Å². The van der Waals surface area contributed by atoms with Crippen LogP contribution < -0.4 is 0 Å². The van der Waals surface area contributed by atoms with Crippen molar-refractivity contribution in [3.05, 3.63) is 47.5 Å². The molecule has 0 heterocycles. The third-order valence-corrected chi connectivity index (χ3v) is 2.86. The first-order valence-electron chi connectivity index (χ1n) is 4.83. The molecule has 0 radical (unpaired) electrons. The largest absolute Gasteiger partial charge is 0.192 e. The lowest BCUT2D eigenvalue weighted by Crippen LogP contribution is -1.88. The molecular weight excluding hydrogens is 250 g/mol. The van der Waals surface area contributed by atoms with Gasteiger partial charge in [0.1, 0.15) is 0 Å². The van der Waals surface area contributed by atoms with E-state index in [9.17, 15) is 0 Å². The Kier molecular flexibility index (Phi) is 3.03. The number of rotatable bonds is 2. The molecule has 15 heavy (non-hydrogen) atoms. The van der Waals surface area contributed by atoms with E-state index in [1.54, 1.807) is 0 Å². The lowest BCUT2D eigenvalue weighted by Gasteiger charge is -2.04. The molecule has 0 spiro atoms. The van der Waals surface area contributed by atoms with Crippen molar-refractivity contribution in [3.63, 3.8) is 0 Å². The van der Waals surface area contributed by atoms with Gasteiger partial charge in [0.25, 0.3) is 0 Å². The second-order valence-corrected chi connectivity index (χ2v) is 4.20. The number of nitriles is 1. The number of hydrogen-bond donors (Lipinski definition) is 0. The molecule has 0 aromatic heterocycles. The first-order valence-corrected chi connectivity index (χ1v) is 5.95. The number of nitrogens with zero attached hydrogens (tertiary/aromatic N) is 1. The Morgan fingerprint density at radius 1 is 1.20 bits per heavy atom. The molecule has 0 amide bonds. The summed E-state index contributed by atoms with van der Waals surface area (Å²) in [5.41, 5.74) is 2.05. The predicted octanol–water partition coefficient (Wildman–Crippen LogP) is 3.65. The molecule has 0 N–H and O–H groups in total. The summed E-state index contributed by atoms with van der Waals surface area (Å²) in [5, 5.41) is 12.2. The van der Waals surface area contributed by atoms with Gasteiger partial charge in [-0.15, -0.1) is 0 Å². The Balaban J connectivity index is 2.62. The van der Waals surface area contributed by atoms with Crippen LogP contribution >= 0.6 is 15.9 Å². The van der Waals surface area contributed by atoms with Crippen molar-refractivity contribution in [3.8, 4) is 6.07 Å². The number of aryl methyl sites for hydroxylation is 1. The Labute approximate surface area is 97.5 Å². The van der Waals surface area contributed by atoms with Crippen molar-refractivity contribution in [2.75, 3.05) is 5.33 Å². The molecular formula is C13H10BrN. The van der Waals surface area contributed by atoms with E-state index in [4.69, 9.17) is 5.26 Å². The molecule has 2 rings (SSSR count). The number of hydrogen-bond acceptors (Lipinski definition) is 1. The quantitative estimate of drug-likeness (QED) is 0.756. The summed E-state index contributed by atoms with van der Waals surface area (Å²) in [5.74, 6) is 0. The fourth-order valence-electron chi connectivity index (χ4n) is 1.74. The molecule has 0 fully saturated rings. The Bertz CT molecular complexity index is 526. The zero-order chi connectivity index (χ0) is 10.7. The summed E-state index contributed by atoms with van der Waals surface area (Å²) in [7, 11) is 0. The van der Waals surface area contributed by atoms with Crippen LogP contribution in [-0.4, -0.2) is 5.33 Å². The molecule has 0 aliphatic carbocycles. The third kappa shape index (κ3) is 2.03. The van der Waals surface area contributed by atoms with Crippen LogP contribution in [0.25, 0.3) is 10.8 Å². The molecule has 74 valence electrons. The molecule has 0 aliphatic rings. The highest BCUT2D eigenvalue weighted by molar-refractivity contribution is 9.09. The van der Waals surface area contributed by atoms with Crippen LogP contribution in [0.4, 0.5) is 0 Å². The molecule has 0 saturated carbocycles. The summed E-state index contributed by atoms with van der Waals surface area (Å²) in [4.78, 5) is 0. The van der Waals surface area contributed by atoms with Gasteiger partial charge in [-0.25, -0.2) is 0 Å². The zero-order valence-electron chi connectivity index (χ0n) is 8.20. The second kappa shape index (κ2) is 4.46. The lowest BCUT2D eigenvalue weighted by molar-refractivity contribution is 1.19. The molecule has 2 aromatic rings. The zero-order valence-corrected chi connectivity index (χ0v) is 9.79. The van der Waals surface area contributed by atoms with E-state index < -0.39 is 0 Å². The van der Waals surface area contributed by atoms with Gasteiger partial charge in [0, 0.05) is 5.33 Å². The van der Waals surface area contributed by atoms with E-state index in [1.165, 1.54) is 10.9 Å². The Morgan fingerprint density at radius 3 is 2.80 bits per heavy atom. The van der Waals surface area contributed by atoms with Crippen LogP contribution in [-0.2, 0) is 6.42 Å². The average Bonchev–Trinajstić information content (AvgIpc) is 2.29. The van der Waals surface area contributed by atoms with Crippen LogP contribution in [0.15, 0.2) is 36.4 Å². The SMILES string of the molecule is N#Cc1ccc2c(CCBr)cccc2c1. The Hall–Kier alpha value is -1.33. The van der Waals surface area contributed by atoms with Gasteiger partial charge in [-0.3, -0.25) is 0 Å². The first kappa shape index (κ1) is 10.2. The number of benzene rings is 2. The minimum atomic E-state index is 0.721. The molecule has 0 bridgehead atoms. The van der Waals surface area contributed by atoms with Crippen LogP contribution in [0.3, 0.4) is 0 Å². The average molecular weight is 260 g/mol. The van der Waals surface area contributed by atoms with Gasteiger partial charge in [0.15, 0.2) is 0 Å². The highest BCUT2D eigenvalue weighted by Crippen LogP contribution is 2.20. The summed E-state index contributed by atoms with van der Waals surface area (Å²) in [6.45, 7) is 0. The maximum Gasteiger partial charge on any atom is 0.0991 e. The fourth-order valence-corrected chi connectivity index (χ4v) is 2.17. The van der Waals surface area contributed by atoms with Crippen LogP contribution in [0.1, 0.15) is 11.1 Å². The minimum Gasteiger partial charge on any atom is -0.192 e. The fraction of sp³-hybridized carbons (Fsp3) is 0.154. The first-order chi connectivity index (χ1) is 7.35. The van der Waals surface area contributed by atoms with Gasteiger partial charge in [0.05, 0.1) is 11.6 Å². The van der Waals surface area contributed by atoms with Crippen molar-refractivity contribution in [2.24, 2.45) is 0 Å². The van der Waals surface area contributed by atoms with Crippen LogP contribution in [0.2, 0.25) is 0 Å². The number of alkyl halides is 1. The Morgan fingerprint density at radius 2 is 2.07 bits per heavy atom. The predicted molar refractivity (Wildman–Crippen MR) is 66.2 cm³/mol. The molecule has 1 nitrogen and oxygen atoms in total. The lowest BCUT2D eigenvalue weighted by atomic mass is 10.0. The van der Waals surface area contributed by atoms with Crippen molar-refractivity contribution in [1.82, 2.24) is 0 Å². The second-order valence-electron chi connectivity index (χ2n) is 3.40. The summed E-state index contributed by atoms with van der Waals surface area (Å²) < 4.78 is 0. The normalized spacial score (nSPS) is 10.1. The number of fused-ring (bicyclic) bond motifs is 1. The van der Waals surface area contributed by atoms with Gasteiger partial charge >= 0.3 is 0 Å². The summed E-state index contributed by atoms with van der Waals surface area (Å²) >= 11 is 3.45. The van der Waals surface area contributed by atoms with Crippen molar-refractivity contribution in [1.29, 1.82) is 5.26 Å². The molecule has 0 unspecified atom stereocenters. The van der Waals surface area contributed by atoms with Gasteiger partial charge < -0.3 is 0 Å². The molecule has 0 aliphatic heterocycles. The van der Waals surface area contributed by atoms with E-state index in [1.807, 2.05) is 30.3 Å². The van der Waals surface area contributed by atoms with Crippen molar-refractivity contribution >= 4 is 26.7 Å². The number of halogens is 1. The van der Waals surface area contributed by atoms with Crippen molar-refractivity contribution < 1.29 is 0 Å². The standard InChI is InChI=1S/C13H10BrN/c14-7-6-11-2-1-3-12-8-10(9-15)4-5-13(11)12/h1-5,8H,6-7H2. The van der Waals surface area contributed by atoms with E-state index >= 15 is 0 Å². The van der Waals surface area contributed by atoms with Gasteiger partial charge in [-0.05, 0) is 34.9 Å². The van der Waals surface area contributed by atoms with E-state index in [-0.39, 0.29) is 0 Å². The maximum atomic E-state index is 8.81. The molecule has 0 saturated heterocycles. The van der Waals surface area contributed by atoms with Gasteiger partial charge in [-0.2, -0.15) is 5.26 Å². The smallest absolute Gasteiger partial charge is 0.0991 e. The monoisotopic (exact) mass is 259 g/mol. The molecule has 0 atom stereocenters. The van der Waals surface area contributed by atoms with Gasteiger partial charge in [0.2, 0.25) is 0 Å². The minimum absolute atomic E-state index is 0.721. The van der Waals surface area contributed by atoms with E-state index in [0.29, 0.717) is 0 Å². The van der Waals surface area contributed by atoms with E-state index in [0.717, 1.165) is 22.7 Å². The molecule has 2 aromatic carbocycles. The highest BCUT2D eigenvalue weighted by Gasteiger charge is 2.00. The van der Waals surface area contributed by atoms with Crippen LogP contribution in [0.5, 0.6) is 0 Å². The van der Waals surface area contributed by atoms with Crippen molar-refractivity contribution in [2.45, 2.75) is 6.42 Å².